The molecule has 35 heavy (non-hydrogen) atoms. The zero-order chi connectivity index (χ0) is 24.9. The van der Waals surface area contributed by atoms with E-state index in [9.17, 15) is 18.8 Å². The van der Waals surface area contributed by atoms with E-state index in [0.717, 1.165) is 27.8 Å². The van der Waals surface area contributed by atoms with Crippen molar-refractivity contribution in [2.24, 2.45) is 0 Å². The second kappa shape index (κ2) is 10.8. The van der Waals surface area contributed by atoms with Gasteiger partial charge in [-0.15, -0.1) is 0 Å². The molecule has 4 rings (SSSR count). The second-order valence-corrected chi connectivity index (χ2v) is 9.19. The van der Waals surface area contributed by atoms with E-state index in [1.54, 1.807) is 60.7 Å². The van der Waals surface area contributed by atoms with Crippen molar-refractivity contribution in [1.82, 2.24) is 4.90 Å². The molecule has 3 amide bonds. The Balaban J connectivity index is 1.36. The maximum absolute atomic E-state index is 13.0. The minimum absolute atomic E-state index is 0.224. The van der Waals surface area contributed by atoms with Crippen molar-refractivity contribution in [3.8, 4) is 5.75 Å². The number of hydrogen-bond acceptors (Lipinski definition) is 5. The van der Waals surface area contributed by atoms with Gasteiger partial charge in [-0.05, 0) is 77.9 Å². The molecule has 1 fully saturated rings. The van der Waals surface area contributed by atoms with Crippen LogP contribution in [0.5, 0.6) is 5.75 Å². The number of hydrogen-bond donors (Lipinski definition) is 1. The summed E-state index contributed by atoms with van der Waals surface area (Å²) in [5.41, 5.74) is 2.86. The Morgan fingerprint density at radius 1 is 1.09 bits per heavy atom. The van der Waals surface area contributed by atoms with Gasteiger partial charge in [0.25, 0.3) is 11.1 Å². The number of nitrogens with one attached hydrogen (secondary N) is 1. The minimum atomic E-state index is -0.533. The standard InChI is InChI=1S/C26H20ClFN2O4S/c1-16-2-7-19(27)13-22(16)29-24(31)14-30-25(32)23(35-26(30)33)12-17-5-10-21(11-6-17)34-15-18-3-8-20(28)9-4-18/h2-13H,14-15H2,1H3,(H,29,31)/b23-12-. The third-order valence-electron chi connectivity index (χ3n) is 5.15. The van der Waals surface area contributed by atoms with Gasteiger partial charge in [0.1, 0.15) is 24.7 Å². The van der Waals surface area contributed by atoms with Gasteiger partial charge in [0.2, 0.25) is 5.91 Å². The molecule has 3 aromatic rings. The van der Waals surface area contributed by atoms with Gasteiger partial charge in [0, 0.05) is 10.7 Å². The number of amides is 3. The number of imide groups is 1. The molecule has 1 heterocycles. The number of carbonyl (C=O) groups is 3. The summed E-state index contributed by atoms with van der Waals surface area (Å²) in [4.78, 5) is 38.7. The largest absolute Gasteiger partial charge is 0.489 e. The van der Waals surface area contributed by atoms with Gasteiger partial charge in [-0.25, -0.2) is 4.39 Å². The predicted molar refractivity (Wildman–Crippen MR) is 135 cm³/mol. The second-order valence-electron chi connectivity index (χ2n) is 7.76. The van der Waals surface area contributed by atoms with E-state index in [1.165, 1.54) is 12.1 Å². The molecular weight excluding hydrogens is 491 g/mol. The lowest BCUT2D eigenvalue weighted by Crippen LogP contribution is -2.36. The first-order valence-electron chi connectivity index (χ1n) is 10.6. The Hall–Kier alpha value is -3.62. The van der Waals surface area contributed by atoms with Gasteiger partial charge in [-0.3, -0.25) is 19.3 Å². The first-order valence-corrected chi connectivity index (χ1v) is 11.8. The molecule has 0 unspecified atom stereocenters. The van der Waals surface area contributed by atoms with Crippen molar-refractivity contribution in [2.75, 3.05) is 11.9 Å². The van der Waals surface area contributed by atoms with Crippen molar-refractivity contribution >= 4 is 52.2 Å². The van der Waals surface area contributed by atoms with E-state index in [-0.39, 0.29) is 17.3 Å². The third-order valence-corrected chi connectivity index (χ3v) is 6.29. The van der Waals surface area contributed by atoms with E-state index in [4.69, 9.17) is 16.3 Å². The first kappa shape index (κ1) is 24.5. The number of carbonyl (C=O) groups excluding carboxylic acids is 3. The van der Waals surface area contributed by atoms with Gasteiger partial charge in [0.05, 0.1) is 4.91 Å². The highest BCUT2D eigenvalue weighted by molar-refractivity contribution is 8.18. The molecule has 0 atom stereocenters. The summed E-state index contributed by atoms with van der Waals surface area (Å²) in [7, 11) is 0. The van der Waals surface area contributed by atoms with Gasteiger partial charge < -0.3 is 10.1 Å². The molecule has 178 valence electrons. The van der Waals surface area contributed by atoms with Crippen molar-refractivity contribution in [2.45, 2.75) is 13.5 Å². The molecule has 9 heteroatoms. The van der Waals surface area contributed by atoms with E-state index in [0.29, 0.717) is 22.0 Å². The van der Waals surface area contributed by atoms with E-state index < -0.39 is 23.6 Å². The summed E-state index contributed by atoms with van der Waals surface area (Å²) in [5.74, 6) is -0.733. The van der Waals surface area contributed by atoms with Gasteiger partial charge in [-0.1, -0.05) is 41.9 Å². The zero-order valence-corrected chi connectivity index (χ0v) is 20.2. The Labute approximate surface area is 210 Å². The molecule has 1 saturated heterocycles. The number of ether oxygens (including phenoxy) is 1. The molecular formula is C26H20ClFN2O4S. The van der Waals surface area contributed by atoms with E-state index >= 15 is 0 Å². The smallest absolute Gasteiger partial charge is 0.294 e. The SMILES string of the molecule is Cc1ccc(Cl)cc1NC(=O)CN1C(=O)S/C(=C\c2ccc(OCc3ccc(F)cc3)cc2)C1=O. The van der Waals surface area contributed by atoms with Crippen LogP contribution >= 0.6 is 23.4 Å². The molecule has 0 aliphatic carbocycles. The Morgan fingerprint density at radius 3 is 2.51 bits per heavy atom. The van der Waals surface area contributed by atoms with Crippen LogP contribution in [0.1, 0.15) is 16.7 Å². The number of anilines is 1. The average Bonchev–Trinajstić information content (AvgIpc) is 3.09. The number of benzene rings is 3. The van der Waals surface area contributed by atoms with E-state index in [2.05, 4.69) is 5.32 Å². The lowest BCUT2D eigenvalue weighted by molar-refractivity contribution is -0.127. The summed E-state index contributed by atoms with van der Waals surface area (Å²) >= 11 is 6.75. The quantitative estimate of drug-likeness (QED) is 0.392. The molecule has 0 spiro atoms. The molecule has 1 aliphatic heterocycles. The fourth-order valence-electron chi connectivity index (χ4n) is 3.26. The summed E-state index contributed by atoms with van der Waals surface area (Å²) < 4.78 is 18.7. The first-order chi connectivity index (χ1) is 16.8. The molecule has 0 saturated carbocycles. The maximum atomic E-state index is 13.0. The van der Waals surface area contributed by atoms with Crippen molar-refractivity contribution in [1.29, 1.82) is 0 Å². The minimum Gasteiger partial charge on any atom is -0.489 e. The maximum Gasteiger partial charge on any atom is 0.294 e. The van der Waals surface area contributed by atoms with Crippen molar-refractivity contribution in [3.63, 3.8) is 0 Å². The molecule has 3 aromatic carbocycles. The highest BCUT2D eigenvalue weighted by Gasteiger charge is 2.36. The Bertz CT molecular complexity index is 1310. The topological polar surface area (TPSA) is 75.7 Å². The Kier molecular flexibility index (Phi) is 7.53. The lowest BCUT2D eigenvalue weighted by Gasteiger charge is -2.13. The zero-order valence-electron chi connectivity index (χ0n) is 18.6. The molecule has 0 bridgehead atoms. The van der Waals surface area contributed by atoms with Gasteiger partial charge in [-0.2, -0.15) is 0 Å². The normalized spacial score (nSPS) is 14.5. The van der Waals surface area contributed by atoms with Gasteiger partial charge in [0.15, 0.2) is 0 Å². The van der Waals surface area contributed by atoms with Gasteiger partial charge >= 0.3 is 0 Å². The van der Waals surface area contributed by atoms with Crippen molar-refractivity contribution in [3.05, 3.63) is 99.2 Å². The Morgan fingerprint density at radius 2 is 1.80 bits per heavy atom. The van der Waals surface area contributed by atoms with Crippen LogP contribution in [0.2, 0.25) is 5.02 Å². The van der Waals surface area contributed by atoms with Crippen LogP contribution in [0.25, 0.3) is 6.08 Å². The predicted octanol–water partition coefficient (Wildman–Crippen LogP) is 6.04. The highest BCUT2D eigenvalue weighted by atomic mass is 35.5. The molecule has 1 aliphatic rings. The summed E-state index contributed by atoms with van der Waals surface area (Å²) in [6.07, 6.45) is 1.59. The van der Waals surface area contributed by atoms with Crippen LogP contribution in [-0.2, 0) is 16.2 Å². The summed E-state index contributed by atoms with van der Waals surface area (Å²) in [6.45, 7) is 1.70. The molecule has 0 aromatic heterocycles. The van der Waals surface area contributed by atoms with Crippen LogP contribution < -0.4 is 10.1 Å². The fourth-order valence-corrected chi connectivity index (χ4v) is 4.27. The van der Waals surface area contributed by atoms with Crippen LogP contribution in [0.15, 0.2) is 71.6 Å². The molecule has 0 radical (unpaired) electrons. The lowest BCUT2D eigenvalue weighted by atomic mass is 10.2. The van der Waals surface area contributed by atoms with Crippen LogP contribution in [-0.4, -0.2) is 28.5 Å². The molecule has 1 N–H and O–H groups in total. The summed E-state index contributed by atoms with van der Waals surface area (Å²) in [6, 6.07) is 18.1. The number of thioether (sulfide) groups is 1. The number of rotatable bonds is 7. The number of halogens is 2. The third kappa shape index (κ3) is 6.29. The van der Waals surface area contributed by atoms with Crippen LogP contribution in [0.3, 0.4) is 0 Å². The molecule has 6 nitrogen and oxygen atoms in total. The number of aryl methyl sites for hydroxylation is 1. The van der Waals surface area contributed by atoms with E-state index in [1.807, 2.05) is 6.92 Å². The monoisotopic (exact) mass is 510 g/mol. The highest BCUT2D eigenvalue weighted by Crippen LogP contribution is 2.32. The fraction of sp³-hybridized carbons (Fsp3) is 0.115. The number of nitrogens with zero attached hydrogens (tertiary/aromatic N) is 1. The summed E-state index contributed by atoms with van der Waals surface area (Å²) in [5, 5.41) is 2.63. The van der Waals surface area contributed by atoms with Crippen molar-refractivity contribution < 1.29 is 23.5 Å². The average molecular weight is 511 g/mol. The van der Waals surface area contributed by atoms with Crippen LogP contribution in [0.4, 0.5) is 14.9 Å². The van der Waals surface area contributed by atoms with Crippen LogP contribution in [0, 0.1) is 12.7 Å².